The Bertz CT molecular complexity index is 677. The smallest absolute Gasteiger partial charge is 0.309 e. The molecular formula is C15H16N2O3. The fourth-order valence-electron chi connectivity index (χ4n) is 1.93. The summed E-state index contributed by atoms with van der Waals surface area (Å²) in [7, 11) is 1.36. The standard InChI is InChI=1S/C15H16N2O3/c1-11-7-14(18)17(10-16-11)9-13-6-4-3-5-12(13)8-15(19)20-2/h3-7,10H,8-9H2,1-2H3. The van der Waals surface area contributed by atoms with E-state index in [1.54, 1.807) is 6.92 Å². The molecule has 0 unspecified atom stereocenters. The highest BCUT2D eigenvalue weighted by Gasteiger charge is 2.08. The molecule has 2 aromatic rings. The maximum atomic E-state index is 11.9. The molecule has 0 aliphatic carbocycles. The highest BCUT2D eigenvalue weighted by atomic mass is 16.5. The van der Waals surface area contributed by atoms with Crippen molar-refractivity contribution in [1.29, 1.82) is 0 Å². The van der Waals surface area contributed by atoms with E-state index >= 15 is 0 Å². The van der Waals surface area contributed by atoms with Crippen LogP contribution in [-0.4, -0.2) is 22.6 Å². The van der Waals surface area contributed by atoms with E-state index in [0.717, 1.165) is 11.1 Å². The van der Waals surface area contributed by atoms with E-state index in [2.05, 4.69) is 9.72 Å². The van der Waals surface area contributed by atoms with Gasteiger partial charge in [-0.3, -0.25) is 14.2 Å². The Morgan fingerprint density at radius 1 is 1.30 bits per heavy atom. The first-order valence-corrected chi connectivity index (χ1v) is 6.27. The van der Waals surface area contributed by atoms with Gasteiger partial charge in [0.25, 0.3) is 5.56 Å². The summed E-state index contributed by atoms with van der Waals surface area (Å²) < 4.78 is 6.20. The Morgan fingerprint density at radius 3 is 2.65 bits per heavy atom. The molecule has 0 saturated heterocycles. The quantitative estimate of drug-likeness (QED) is 0.787. The van der Waals surface area contributed by atoms with Crippen LogP contribution in [0.1, 0.15) is 16.8 Å². The molecule has 0 amide bonds. The lowest BCUT2D eigenvalue weighted by molar-refractivity contribution is -0.139. The van der Waals surface area contributed by atoms with E-state index in [1.807, 2.05) is 24.3 Å². The topological polar surface area (TPSA) is 61.2 Å². The third-order valence-electron chi connectivity index (χ3n) is 3.04. The van der Waals surface area contributed by atoms with Crippen molar-refractivity contribution in [1.82, 2.24) is 9.55 Å². The molecule has 0 N–H and O–H groups in total. The van der Waals surface area contributed by atoms with E-state index < -0.39 is 0 Å². The maximum Gasteiger partial charge on any atom is 0.309 e. The predicted molar refractivity (Wildman–Crippen MR) is 74.5 cm³/mol. The van der Waals surface area contributed by atoms with Gasteiger partial charge >= 0.3 is 5.97 Å². The number of aromatic nitrogens is 2. The second-order valence-corrected chi connectivity index (χ2v) is 4.52. The van der Waals surface area contributed by atoms with Crippen LogP contribution in [-0.2, 0) is 22.5 Å². The highest BCUT2D eigenvalue weighted by molar-refractivity contribution is 5.72. The number of benzene rings is 1. The van der Waals surface area contributed by atoms with Gasteiger partial charge in [-0.2, -0.15) is 0 Å². The average Bonchev–Trinajstić information content (AvgIpc) is 2.43. The molecule has 0 atom stereocenters. The molecule has 0 aliphatic rings. The minimum atomic E-state index is -0.299. The van der Waals surface area contributed by atoms with Crippen LogP contribution in [0.4, 0.5) is 0 Å². The lowest BCUT2D eigenvalue weighted by atomic mass is 10.0. The van der Waals surface area contributed by atoms with E-state index in [1.165, 1.54) is 24.1 Å². The Hall–Kier alpha value is -2.43. The van der Waals surface area contributed by atoms with Gasteiger partial charge in [0.15, 0.2) is 0 Å². The largest absolute Gasteiger partial charge is 0.469 e. The van der Waals surface area contributed by atoms with Crippen LogP contribution in [0.15, 0.2) is 41.5 Å². The van der Waals surface area contributed by atoms with Gasteiger partial charge in [-0.05, 0) is 18.1 Å². The number of carbonyl (C=O) groups is 1. The van der Waals surface area contributed by atoms with E-state index in [0.29, 0.717) is 12.2 Å². The Balaban J connectivity index is 2.29. The van der Waals surface area contributed by atoms with Gasteiger partial charge in [-0.25, -0.2) is 4.98 Å². The molecule has 0 saturated carbocycles. The molecule has 0 spiro atoms. The van der Waals surface area contributed by atoms with Crippen LogP contribution < -0.4 is 5.56 Å². The molecule has 5 heteroatoms. The summed E-state index contributed by atoms with van der Waals surface area (Å²) >= 11 is 0. The fraction of sp³-hybridized carbons (Fsp3) is 0.267. The molecule has 0 bridgehead atoms. The first kappa shape index (κ1) is 14.0. The monoisotopic (exact) mass is 272 g/mol. The Labute approximate surface area is 116 Å². The molecule has 2 rings (SSSR count). The summed E-state index contributed by atoms with van der Waals surface area (Å²) in [6, 6.07) is 8.98. The number of hydrogen-bond donors (Lipinski definition) is 0. The van der Waals surface area contributed by atoms with Crippen molar-refractivity contribution >= 4 is 5.97 Å². The lowest BCUT2D eigenvalue weighted by Crippen LogP contribution is -2.21. The maximum absolute atomic E-state index is 11.9. The lowest BCUT2D eigenvalue weighted by Gasteiger charge is -2.10. The van der Waals surface area contributed by atoms with Crippen molar-refractivity contribution in [2.24, 2.45) is 0 Å². The number of nitrogens with zero attached hydrogens (tertiary/aromatic N) is 2. The van der Waals surface area contributed by atoms with Gasteiger partial charge in [0.1, 0.15) is 0 Å². The first-order valence-electron chi connectivity index (χ1n) is 6.27. The molecule has 1 heterocycles. The number of esters is 1. The van der Waals surface area contributed by atoms with Crippen molar-refractivity contribution in [3.8, 4) is 0 Å². The minimum absolute atomic E-state index is 0.106. The van der Waals surface area contributed by atoms with Crippen LogP contribution in [0.2, 0.25) is 0 Å². The number of carbonyl (C=O) groups excluding carboxylic acids is 1. The van der Waals surface area contributed by atoms with Crippen molar-refractivity contribution in [2.75, 3.05) is 7.11 Å². The minimum Gasteiger partial charge on any atom is -0.469 e. The molecule has 0 aliphatic heterocycles. The van der Waals surface area contributed by atoms with E-state index in [-0.39, 0.29) is 17.9 Å². The van der Waals surface area contributed by atoms with Crippen LogP contribution >= 0.6 is 0 Å². The van der Waals surface area contributed by atoms with Gasteiger partial charge in [-0.15, -0.1) is 0 Å². The number of hydrogen-bond acceptors (Lipinski definition) is 4. The van der Waals surface area contributed by atoms with E-state index in [4.69, 9.17) is 0 Å². The molecule has 5 nitrogen and oxygen atoms in total. The fourth-order valence-corrected chi connectivity index (χ4v) is 1.93. The van der Waals surface area contributed by atoms with Gasteiger partial charge in [-0.1, -0.05) is 24.3 Å². The van der Waals surface area contributed by atoms with Gasteiger partial charge in [0.2, 0.25) is 0 Å². The van der Waals surface area contributed by atoms with Crippen molar-refractivity contribution in [3.05, 3.63) is 63.8 Å². The van der Waals surface area contributed by atoms with Crippen molar-refractivity contribution < 1.29 is 9.53 Å². The number of ether oxygens (including phenoxy) is 1. The third-order valence-corrected chi connectivity index (χ3v) is 3.04. The summed E-state index contributed by atoms with van der Waals surface area (Å²) in [6.45, 7) is 2.16. The van der Waals surface area contributed by atoms with Gasteiger partial charge in [0.05, 0.1) is 26.4 Å². The third kappa shape index (κ3) is 3.32. The van der Waals surface area contributed by atoms with Crippen LogP contribution in [0.3, 0.4) is 0 Å². The Morgan fingerprint density at radius 2 is 2.00 bits per heavy atom. The van der Waals surface area contributed by atoms with Crippen LogP contribution in [0.5, 0.6) is 0 Å². The SMILES string of the molecule is COC(=O)Cc1ccccc1Cn1cnc(C)cc1=O. The zero-order valence-corrected chi connectivity index (χ0v) is 11.5. The second-order valence-electron chi connectivity index (χ2n) is 4.52. The highest BCUT2D eigenvalue weighted by Crippen LogP contribution is 2.11. The molecule has 20 heavy (non-hydrogen) atoms. The van der Waals surface area contributed by atoms with E-state index in [9.17, 15) is 9.59 Å². The normalized spacial score (nSPS) is 10.3. The number of methoxy groups -OCH3 is 1. The first-order chi connectivity index (χ1) is 9.60. The zero-order valence-electron chi connectivity index (χ0n) is 11.5. The molecular weight excluding hydrogens is 256 g/mol. The van der Waals surface area contributed by atoms with Crippen LogP contribution in [0, 0.1) is 6.92 Å². The number of rotatable bonds is 4. The molecule has 0 fully saturated rings. The zero-order chi connectivity index (χ0) is 14.5. The second kappa shape index (κ2) is 6.14. The summed E-state index contributed by atoms with van der Waals surface area (Å²) in [5.74, 6) is -0.299. The summed E-state index contributed by atoms with van der Waals surface area (Å²) in [4.78, 5) is 27.4. The van der Waals surface area contributed by atoms with Crippen molar-refractivity contribution in [2.45, 2.75) is 19.9 Å². The Kier molecular flexibility index (Phi) is 4.30. The number of aryl methyl sites for hydroxylation is 1. The van der Waals surface area contributed by atoms with Crippen LogP contribution in [0.25, 0.3) is 0 Å². The van der Waals surface area contributed by atoms with Gasteiger partial charge < -0.3 is 4.74 Å². The predicted octanol–water partition coefficient (Wildman–Crippen LogP) is 1.32. The molecule has 0 radical (unpaired) electrons. The average molecular weight is 272 g/mol. The molecule has 104 valence electrons. The van der Waals surface area contributed by atoms with Gasteiger partial charge in [0, 0.05) is 11.8 Å². The summed E-state index contributed by atoms with van der Waals surface area (Å²) in [5.41, 5.74) is 2.34. The molecule has 1 aromatic heterocycles. The summed E-state index contributed by atoms with van der Waals surface area (Å²) in [6.07, 6.45) is 1.72. The molecule has 1 aromatic carbocycles. The summed E-state index contributed by atoms with van der Waals surface area (Å²) in [5, 5.41) is 0. The van der Waals surface area contributed by atoms with Crippen molar-refractivity contribution in [3.63, 3.8) is 0 Å².